The first kappa shape index (κ1) is 14.0. The molecule has 0 radical (unpaired) electrons. The van der Waals surface area contributed by atoms with Gasteiger partial charge in [0.25, 0.3) is 0 Å². The number of carbonyl (C=O) groups excluding carboxylic acids is 2. The lowest BCUT2D eigenvalue weighted by Gasteiger charge is -2.30. The van der Waals surface area contributed by atoms with Gasteiger partial charge in [0, 0.05) is 30.5 Å². The van der Waals surface area contributed by atoms with Crippen LogP contribution in [0.5, 0.6) is 0 Å². The van der Waals surface area contributed by atoms with Crippen LogP contribution >= 0.6 is 0 Å². The Bertz CT molecular complexity index is 689. The molecule has 2 N–H and O–H groups in total. The summed E-state index contributed by atoms with van der Waals surface area (Å²) in [6.45, 7) is 1.02. The van der Waals surface area contributed by atoms with Gasteiger partial charge in [-0.1, -0.05) is 6.07 Å². The molecule has 2 aromatic rings. The van der Waals surface area contributed by atoms with E-state index in [4.69, 9.17) is 0 Å². The highest BCUT2D eigenvalue weighted by Gasteiger charge is 2.25. The van der Waals surface area contributed by atoms with Crippen LogP contribution in [0.15, 0.2) is 42.6 Å². The van der Waals surface area contributed by atoms with Crippen LogP contribution in [-0.4, -0.2) is 28.7 Å². The van der Waals surface area contributed by atoms with E-state index in [9.17, 15) is 9.59 Å². The van der Waals surface area contributed by atoms with Gasteiger partial charge in [-0.15, -0.1) is 0 Å². The first-order valence-electron chi connectivity index (χ1n) is 6.94. The molecular formula is C15H15N5O2. The van der Waals surface area contributed by atoms with Crippen LogP contribution in [0.25, 0.3) is 0 Å². The summed E-state index contributed by atoms with van der Waals surface area (Å²) >= 11 is 0. The van der Waals surface area contributed by atoms with Crippen LogP contribution < -0.4 is 15.5 Å². The Morgan fingerprint density at radius 3 is 2.86 bits per heavy atom. The summed E-state index contributed by atoms with van der Waals surface area (Å²) in [5.41, 5.74) is 2.11. The van der Waals surface area contributed by atoms with E-state index in [0.29, 0.717) is 24.3 Å². The van der Waals surface area contributed by atoms with Gasteiger partial charge in [0.05, 0.1) is 12.2 Å². The van der Waals surface area contributed by atoms with Crippen molar-refractivity contribution in [3.63, 3.8) is 0 Å². The third kappa shape index (κ3) is 3.20. The van der Waals surface area contributed by atoms with Crippen molar-refractivity contribution < 1.29 is 9.59 Å². The molecule has 7 heteroatoms. The Morgan fingerprint density at radius 1 is 1.27 bits per heavy atom. The molecule has 0 bridgehead atoms. The number of hydrogen-bond acceptors (Lipinski definition) is 4. The van der Waals surface area contributed by atoms with Crippen molar-refractivity contribution in [2.45, 2.75) is 13.0 Å². The molecule has 3 amide bonds. The number of aromatic nitrogens is 2. The van der Waals surface area contributed by atoms with E-state index in [0.717, 1.165) is 12.2 Å². The summed E-state index contributed by atoms with van der Waals surface area (Å²) < 4.78 is 0. The number of urea groups is 1. The van der Waals surface area contributed by atoms with Crippen molar-refractivity contribution in [2.75, 3.05) is 16.8 Å². The quantitative estimate of drug-likeness (QED) is 0.838. The molecule has 0 atom stereocenters. The molecule has 0 saturated carbocycles. The lowest BCUT2D eigenvalue weighted by atomic mass is 10.1. The summed E-state index contributed by atoms with van der Waals surface area (Å²) in [6.07, 6.45) is 2.16. The molecule has 2 heterocycles. The number of nitrogens with one attached hydrogen (secondary N) is 2. The Labute approximate surface area is 127 Å². The molecule has 1 saturated heterocycles. The average molecular weight is 297 g/mol. The predicted molar refractivity (Wildman–Crippen MR) is 81.3 cm³/mol. The molecule has 1 fully saturated rings. The topological polar surface area (TPSA) is 87.2 Å². The van der Waals surface area contributed by atoms with Gasteiger partial charge in [0.2, 0.25) is 5.91 Å². The van der Waals surface area contributed by atoms with Crippen LogP contribution in [0.4, 0.5) is 16.2 Å². The molecule has 0 unspecified atom stereocenters. The maximum atomic E-state index is 11.9. The fraction of sp³-hybridized carbons (Fsp3) is 0.200. The van der Waals surface area contributed by atoms with Crippen molar-refractivity contribution in [1.29, 1.82) is 0 Å². The fourth-order valence-corrected chi connectivity index (χ4v) is 2.11. The minimum atomic E-state index is -0.335. The summed E-state index contributed by atoms with van der Waals surface area (Å²) in [5, 5.41) is 13.1. The Hall–Kier alpha value is -2.96. The predicted octanol–water partition coefficient (Wildman–Crippen LogP) is 1.54. The number of amides is 3. The number of anilines is 2. The van der Waals surface area contributed by atoms with E-state index in [1.165, 1.54) is 0 Å². The number of rotatable bonds is 4. The van der Waals surface area contributed by atoms with E-state index in [-0.39, 0.29) is 11.9 Å². The van der Waals surface area contributed by atoms with Crippen LogP contribution in [0.2, 0.25) is 0 Å². The second-order valence-corrected chi connectivity index (χ2v) is 4.87. The Balaban J connectivity index is 1.57. The van der Waals surface area contributed by atoms with Crippen LogP contribution in [0, 0.1) is 0 Å². The Kier molecular flexibility index (Phi) is 3.95. The van der Waals surface area contributed by atoms with E-state index >= 15 is 0 Å². The molecule has 0 spiro atoms. The second-order valence-electron chi connectivity index (χ2n) is 4.87. The zero-order valence-electron chi connectivity index (χ0n) is 11.8. The van der Waals surface area contributed by atoms with Gasteiger partial charge in [-0.3, -0.25) is 4.79 Å². The monoisotopic (exact) mass is 297 g/mol. The van der Waals surface area contributed by atoms with E-state index in [1.807, 2.05) is 6.07 Å². The van der Waals surface area contributed by atoms with Gasteiger partial charge in [0.1, 0.15) is 0 Å². The molecule has 7 nitrogen and oxygen atoms in total. The normalized spacial score (nSPS) is 13.5. The molecule has 1 aromatic carbocycles. The van der Waals surface area contributed by atoms with Crippen molar-refractivity contribution in [3.05, 3.63) is 48.3 Å². The maximum absolute atomic E-state index is 11.9. The smallest absolute Gasteiger partial charge is 0.319 e. The average Bonchev–Trinajstić information content (AvgIpc) is 2.53. The highest BCUT2D eigenvalue weighted by molar-refractivity contribution is 6.00. The molecular weight excluding hydrogens is 282 g/mol. The molecule has 0 aliphatic carbocycles. The van der Waals surface area contributed by atoms with E-state index in [1.54, 1.807) is 41.4 Å². The lowest BCUT2D eigenvalue weighted by molar-refractivity contribution is -0.122. The fourth-order valence-electron chi connectivity index (χ4n) is 2.11. The van der Waals surface area contributed by atoms with E-state index in [2.05, 4.69) is 20.8 Å². The highest BCUT2D eigenvalue weighted by atomic mass is 16.2. The largest absolute Gasteiger partial charge is 0.332 e. The minimum absolute atomic E-state index is 0.101. The minimum Gasteiger partial charge on any atom is -0.332 e. The van der Waals surface area contributed by atoms with Crippen LogP contribution in [0.1, 0.15) is 12.1 Å². The van der Waals surface area contributed by atoms with Gasteiger partial charge in [0.15, 0.2) is 0 Å². The number of nitrogens with zero attached hydrogens (tertiary/aromatic N) is 3. The second kappa shape index (κ2) is 6.21. The first-order valence-corrected chi connectivity index (χ1v) is 6.94. The van der Waals surface area contributed by atoms with E-state index < -0.39 is 0 Å². The third-order valence-corrected chi connectivity index (χ3v) is 3.32. The van der Waals surface area contributed by atoms with Crippen LogP contribution in [0.3, 0.4) is 0 Å². The first-order chi connectivity index (χ1) is 10.7. The number of benzene rings is 1. The molecule has 1 aromatic heterocycles. The SMILES string of the molecule is O=C(NCc1cccnn1)Nc1cccc(N2CCC2=O)c1. The van der Waals surface area contributed by atoms with Gasteiger partial charge in [-0.05, 0) is 30.3 Å². The van der Waals surface area contributed by atoms with Gasteiger partial charge < -0.3 is 15.5 Å². The summed E-state index contributed by atoms with van der Waals surface area (Å²) in [6, 6.07) is 10.4. The maximum Gasteiger partial charge on any atom is 0.319 e. The third-order valence-electron chi connectivity index (χ3n) is 3.32. The van der Waals surface area contributed by atoms with Crippen molar-refractivity contribution in [3.8, 4) is 0 Å². The van der Waals surface area contributed by atoms with Crippen molar-refractivity contribution in [2.24, 2.45) is 0 Å². The number of hydrogen-bond donors (Lipinski definition) is 2. The molecule has 22 heavy (non-hydrogen) atoms. The van der Waals surface area contributed by atoms with Gasteiger partial charge in [-0.25, -0.2) is 4.79 Å². The van der Waals surface area contributed by atoms with Crippen LogP contribution in [-0.2, 0) is 11.3 Å². The zero-order valence-corrected chi connectivity index (χ0v) is 11.8. The van der Waals surface area contributed by atoms with Crippen molar-refractivity contribution in [1.82, 2.24) is 15.5 Å². The van der Waals surface area contributed by atoms with Gasteiger partial charge in [-0.2, -0.15) is 10.2 Å². The summed E-state index contributed by atoms with van der Waals surface area (Å²) in [5.74, 6) is 0.101. The van der Waals surface area contributed by atoms with Crippen molar-refractivity contribution >= 4 is 23.3 Å². The number of carbonyl (C=O) groups is 2. The summed E-state index contributed by atoms with van der Waals surface area (Å²) in [7, 11) is 0. The molecule has 1 aliphatic heterocycles. The summed E-state index contributed by atoms with van der Waals surface area (Å²) in [4.78, 5) is 25.0. The molecule has 112 valence electrons. The number of β-lactam (4-membered cyclic amide) rings is 1. The highest BCUT2D eigenvalue weighted by Crippen LogP contribution is 2.24. The zero-order chi connectivity index (χ0) is 15.4. The Morgan fingerprint density at radius 2 is 2.18 bits per heavy atom. The molecule has 1 aliphatic rings. The van der Waals surface area contributed by atoms with Gasteiger partial charge >= 0.3 is 6.03 Å². The molecule has 3 rings (SSSR count). The standard InChI is InChI=1S/C15H15N5O2/c21-14-6-8-20(14)13-5-1-3-11(9-13)18-15(22)16-10-12-4-2-7-17-19-12/h1-5,7,9H,6,8,10H2,(H2,16,18,22). The lowest BCUT2D eigenvalue weighted by Crippen LogP contribution is -2.43.